The number of hydrogen-bond donors (Lipinski definition) is 2. The van der Waals surface area contributed by atoms with Crippen LogP contribution in [0.5, 0.6) is 5.75 Å². The molecule has 0 spiro atoms. The predicted molar refractivity (Wildman–Crippen MR) is 109 cm³/mol. The van der Waals surface area contributed by atoms with Crippen molar-refractivity contribution in [2.75, 3.05) is 23.3 Å². The first kappa shape index (κ1) is 18.9. The molecule has 0 fully saturated rings. The molecule has 2 aromatic carbocycles. The maximum atomic E-state index is 10.3. The normalized spacial score (nSPS) is 10.5. The maximum Gasteiger partial charge on any atom is 0.125 e. The van der Waals surface area contributed by atoms with Crippen molar-refractivity contribution in [3.63, 3.8) is 0 Å². The van der Waals surface area contributed by atoms with E-state index in [4.69, 9.17) is 0 Å². The molecule has 0 radical (unpaired) electrons. The molecule has 3 nitrogen and oxygen atoms in total. The molecule has 0 aliphatic heterocycles. The minimum atomic E-state index is 0.252. The summed E-state index contributed by atoms with van der Waals surface area (Å²) in [7, 11) is 0. The molecule has 0 bridgehead atoms. The van der Waals surface area contributed by atoms with E-state index in [1.807, 2.05) is 30.3 Å². The summed E-state index contributed by atoms with van der Waals surface area (Å²) in [6.07, 6.45) is 3.44. The number of unbranched alkanes of at least 4 members (excludes halogenated alkanes) is 1. The molecule has 0 saturated carbocycles. The highest BCUT2D eigenvalue weighted by Crippen LogP contribution is 2.30. The molecule has 0 atom stereocenters. The minimum absolute atomic E-state index is 0.252. The number of phenols is 1. The highest BCUT2D eigenvalue weighted by Gasteiger charge is 2.12. The van der Waals surface area contributed by atoms with Crippen LogP contribution in [-0.4, -0.2) is 18.2 Å². The van der Waals surface area contributed by atoms with Gasteiger partial charge in [0.1, 0.15) is 5.75 Å². The van der Waals surface area contributed by atoms with Crippen LogP contribution in [0.2, 0.25) is 0 Å². The summed E-state index contributed by atoms with van der Waals surface area (Å²) in [4.78, 5) is 2.38. The molecule has 134 valence electrons. The number of nitrogens with one attached hydrogen (secondary N) is 1. The van der Waals surface area contributed by atoms with E-state index < -0.39 is 0 Å². The lowest BCUT2D eigenvalue weighted by Gasteiger charge is -2.25. The van der Waals surface area contributed by atoms with Crippen molar-refractivity contribution >= 4 is 17.1 Å². The van der Waals surface area contributed by atoms with Crippen molar-refractivity contribution < 1.29 is 5.11 Å². The molecular weight excluding hydrogens is 308 g/mol. The Labute approximate surface area is 152 Å². The summed E-state index contributed by atoms with van der Waals surface area (Å²) >= 11 is 0. The first-order valence-electron chi connectivity index (χ1n) is 9.16. The molecular formula is C22H30N2O. The van der Waals surface area contributed by atoms with Gasteiger partial charge < -0.3 is 15.3 Å². The molecule has 0 aliphatic carbocycles. The van der Waals surface area contributed by atoms with Gasteiger partial charge in [0.15, 0.2) is 0 Å². The fourth-order valence-corrected chi connectivity index (χ4v) is 2.89. The molecule has 0 unspecified atom stereocenters. The Bertz CT molecular complexity index is 709. The fraction of sp³-hybridized carbons (Fsp3) is 0.364. The van der Waals surface area contributed by atoms with Crippen molar-refractivity contribution in [2.24, 2.45) is 0 Å². The van der Waals surface area contributed by atoms with Crippen LogP contribution < -0.4 is 10.2 Å². The van der Waals surface area contributed by atoms with Crippen molar-refractivity contribution in [1.82, 2.24) is 0 Å². The van der Waals surface area contributed by atoms with E-state index in [0.29, 0.717) is 5.70 Å². The van der Waals surface area contributed by atoms with E-state index in [1.165, 1.54) is 12.8 Å². The molecule has 25 heavy (non-hydrogen) atoms. The highest BCUT2D eigenvalue weighted by atomic mass is 16.3. The van der Waals surface area contributed by atoms with Gasteiger partial charge in [0, 0.05) is 35.7 Å². The summed E-state index contributed by atoms with van der Waals surface area (Å²) in [6, 6.07) is 13.9. The Morgan fingerprint density at radius 3 is 2.52 bits per heavy atom. The van der Waals surface area contributed by atoms with E-state index >= 15 is 0 Å². The van der Waals surface area contributed by atoms with Crippen LogP contribution in [0.1, 0.15) is 44.2 Å². The molecule has 2 N–H and O–H groups in total. The van der Waals surface area contributed by atoms with Crippen LogP contribution in [0.25, 0.3) is 5.70 Å². The lowest BCUT2D eigenvalue weighted by Crippen LogP contribution is -2.25. The third-order valence-electron chi connectivity index (χ3n) is 4.38. The number of nitrogens with zero attached hydrogens (tertiary/aromatic N) is 1. The van der Waals surface area contributed by atoms with Crippen molar-refractivity contribution in [2.45, 2.75) is 40.0 Å². The monoisotopic (exact) mass is 338 g/mol. The van der Waals surface area contributed by atoms with E-state index in [-0.39, 0.29) is 5.75 Å². The van der Waals surface area contributed by atoms with Crippen LogP contribution in [0.15, 0.2) is 49.0 Å². The summed E-state index contributed by atoms with van der Waals surface area (Å²) in [5.41, 5.74) is 4.75. The van der Waals surface area contributed by atoms with Crippen LogP contribution in [0, 0.1) is 6.92 Å². The number of hydrogen-bond acceptors (Lipinski definition) is 3. The lowest BCUT2D eigenvalue weighted by molar-refractivity contribution is 0.473. The molecule has 2 rings (SSSR count). The van der Waals surface area contributed by atoms with Crippen LogP contribution in [-0.2, 0) is 0 Å². The third-order valence-corrected chi connectivity index (χ3v) is 4.38. The number of aromatic hydroxyl groups is 1. The highest BCUT2D eigenvalue weighted by molar-refractivity contribution is 5.81. The Morgan fingerprint density at radius 1 is 1.08 bits per heavy atom. The molecule has 0 amide bonds. The average Bonchev–Trinajstić information content (AvgIpc) is 2.61. The average molecular weight is 338 g/mol. The largest absolute Gasteiger partial charge is 0.507 e. The Balaban J connectivity index is 2.25. The zero-order valence-electron chi connectivity index (χ0n) is 15.7. The smallest absolute Gasteiger partial charge is 0.125 e. The van der Waals surface area contributed by atoms with E-state index in [0.717, 1.165) is 42.0 Å². The quantitative estimate of drug-likeness (QED) is 0.606. The van der Waals surface area contributed by atoms with Crippen molar-refractivity contribution in [3.05, 3.63) is 60.2 Å². The van der Waals surface area contributed by atoms with Crippen molar-refractivity contribution in [1.29, 1.82) is 0 Å². The van der Waals surface area contributed by atoms with Gasteiger partial charge in [-0.05, 0) is 49.6 Å². The number of para-hydroxylation sites is 1. The second-order valence-corrected chi connectivity index (χ2v) is 6.46. The van der Waals surface area contributed by atoms with Gasteiger partial charge in [0.05, 0.1) is 0 Å². The summed E-state index contributed by atoms with van der Waals surface area (Å²) in [5.74, 6) is 0.252. The van der Waals surface area contributed by atoms with Gasteiger partial charge in [-0.25, -0.2) is 0 Å². The van der Waals surface area contributed by atoms with Gasteiger partial charge in [0.25, 0.3) is 0 Å². The first-order chi connectivity index (χ1) is 12.1. The number of aryl methyl sites for hydroxylation is 1. The van der Waals surface area contributed by atoms with Gasteiger partial charge in [0.2, 0.25) is 0 Å². The first-order valence-corrected chi connectivity index (χ1v) is 9.16. The zero-order valence-corrected chi connectivity index (χ0v) is 15.7. The second-order valence-electron chi connectivity index (χ2n) is 6.46. The van der Waals surface area contributed by atoms with E-state index in [1.54, 1.807) is 6.07 Å². The van der Waals surface area contributed by atoms with E-state index in [9.17, 15) is 5.11 Å². The van der Waals surface area contributed by atoms with Gasteiger partial charge in [-0.2, -0.15) is 0 Å². The standard InChI is InChI=1S/C22H30N2O/c1-5-7-15-24(14-6-2)19-12-13-22(25)20(16-19)18(4)23-21-11-9-8-10-17(21)3/h8-13,16,23,25H,4-7,14-15H2,1-3H3. The molecule has 3 heteroatoms. The zero-order chi connectivity index (χ0) is 18.2. The van der Waals surface area contributed by atoms with E-state index in [2.05, 4.69) is 43.6 Å². The van der Waals surface area contributed by atoms with Gasteiger partial charge in [-0.1, -0.05) is 45.0 Å². The molecule has 0 aliphatic rings. The van der Waals surface area contributed by atoms with Crippen molar-refractivity contribution in [3.8, 4) is 5.75 Å². The number of rotatable bonds is 9. The summed E-state index contributed by atoms with van der Waals surface area (Å²) < 4.78 is 0. The van der Waals surface area contributed by atoms with Gasteiger partial charge >= 0.3 is 0 Å². The Morgan fingerprint density at radius 2 is 1.84 bits per heavy atom. The fourth-order valence-electron chi connectivity index (χ4n) is 2.89. The lowest BCUT2D eigenvalue weighted by atomic mass is 10.1. The molecule has 2 aromatic rings. The molecule has 0 saturated heterocycles. The third kappa shape index (κ3) is 5.02. The van der Waals surface area contributed by atoms with Gasteiger partial charge in [-0.3, -0.25) is 0 Å². The van der Waals surface area contributed by atoms with Crippen LogP contribution in [0.3, 0.4) is 0 Å². The Hall–Kier alpha value is -2.42. The molecule has 0 heterocycles. The molecule has 0 aromatic heterocycles. The SMILES string of the molecule is C=C(Nc1ccccc1C)c1cc(N(CCC)CCCC)ccc1O. The number of phenolic OH excluding ortho intramolecular Hbond substituents is 1. The second kappa shape index (κ2) is 9.16. The Kier molecular flexibility index (Phi) is 6.93. The maximum absolute atomic E-state index is 10.3. The minimum Gasteiger partial charge on any atom is -0.507 e. The number of benzene rings is 2. The predicted octanol–water partition coefficient (Wildman–Crippen LogP) is 5.80. The number of anilines is 2. The van der Waals surface area contributed by atoms with Crippen LogP contribution >= 0.6 is 0 Å². The topological polar surface area (TPSA) is 35.5 Å². The van der Waals surface area contributed by atoms with Gasteiger partial charge in [-0.15, -0.1) is 0 Å². The summed E-state index contributed by atoms with van der Waals surface area (Å²) in [5, 5.41) is 13.7. The summed E-state index contributed by atoms with van der Waals surface area (Å²) in [6.45, 7) is 12.6. The van der Waals surface area contributed by atoms with Crippen LogP contribution in [0.4, 0.5) is 11.4 Å².